The van der Waals surface area contributed by atoms with E-state index in [2.05, 4.69) is 15.7 Å². The summed E-state index contributed by atoms with van der Waals surface area (Å²) >= 11 is 12.0. The smallest absolute Gasteiger partial charge is 0.342 e. The third-order valence-electron chi connectivity index (χ3n) is 5.72. The molecule has 4 rings (SSSR count). The Kier molecular flexibility index (Phi) is 6.91. The molecule has 33 heavy (non-hydrogen) atoms. The molecule has 0 spiro atoms. The van der Waals surface area contributed by atoms with Gasteiger partial charge in [-0.25, -0.2) is 4.79 Å². The molecular formula is C24H24Cl2N4O3. The summed E-state index contributed by atoms with van der Waals surface area (Å²) < 4.78 is 1.38. The van der Waals surface area contributed by atoms with Gasteiger partial charge in [0, 0.05) is 30.6 Å². The summed E-state index contributed by atoms with van der Waals surface area (Å²) in [5.41, 5.74) is 3.06. The van der Waals surface area contributed by atoms with Gasteiger partial charge in [0.1, 0.15) is 5.75 Å². The average Bonchev–Trinajstić information content (AvgIpc) is 3.45. The van der Waals surface area contributed by atoms with Crippen molar-refractivity contribution in [1.82, 2.24) is 15.1 Å². The molecule has 0 bridgehead atoms. The van der Waals surface area contributed by atoms with E-state index in [-0.39, 0.29) is 30.2 Å². The molecule has 2 amide bonds. The lowest BCUT2D eigenvalue weighted by Gasteiger charge is -2.12. The summed E-state index contributed by atoms with van der Waals surface area (Å²) in [6.07, 6.45) is 4.14. The molecule has 1 fully saturated rings. The van der Waals surface area contributed by atoms with Crippen LogP contribution >= 0.6 is 23.2 Å². The van der Waals surface area contributed by atoms with Crippen molar-refractivity contribution in [1.29, 1.82) is 0 Å². The molecule has 0 saturated heterocycles. The molecule has 172 valence electrons. The van der Waals surface area contributed by atoms with Crippen LogP contribution in [0.4, 0.5) is 10.5 Å². The molecule has 0 unspecified atom stereocenters. The Morgan fingerprint density at radius 1 is 1.09 bits per heavy atom. The van der Waals surface area contributed by atoms with Crippen LogP contribution < -0.4 is 10.6 Å². The first kappa shape index (κ1) is 23.1. The van der Waals surface area contributed by atoms with Crippen LogP contribution in [0.3, 0.4) is 0 Å². The molecule has 0 aliphatic heterocycles. The Morgan fingerprint density at radius 2 is 1.85 bits per heavy atom. The number of aromatic hydroxyl groups is 1. The van der Waals surface area contributed by atoms with Crippen LogP contribution in [0, 0.1) is 0 Å². The largest absolute Gasteiger partial charge is 0.507 e. The molecule has 2 aromatic carbocycles. The van der Waals surface area contributed by atoms with Gasteiger partial charge in [-0.2, -0.15) is 9.78 Å². The predicted molar refractivity (Wildman–Crippen MR) is 129 cm³/mol. The van der Waals surface area contributed by atoms with Gasteiger partial charge >= 0.3 is 6.03 Å². The van der Waals surface area contributed by atoms with Gasteiger partial charge in [0.05, 0.1) is 21.4 Å². The van der Waals surface area contributed by atoms with Gasteiger partial charge in [0.25, 0.3) is 0 Å². The van der Waals surface area contributed by atoms with Crippen LogP contribution in [-0.4, -0.2) is 26.8 Å². The van der Waals surface area contributed by atoms with Crippen LogP contribution in [0.15, 0.2) is 42.5 Å². The zero-order valence-corrected chi connectivity index (χ0v) is 19.6. The zero-order chi connectivity index (χ0) is 23.5. The molecule has 0 atom stereocenters. The lowest BCUT2D eigenvalue weighted by molar-refractivity contribution is -0.114. The Hall–Kier alpha value is -3.03. The number of phenolic OH excluding ortho intramolecular Hbond substituents is 1. The maximum Gasteiger partial charge on any atom is 0.342 e. The molecule has 3 aromatic rings. The fourth-order valence-corrected chi connectivity index (χ4v) is 4.45. The van der Waals surface area contributed by atoms with Crippen molar-refractivity contribution >= 4 is 40.8 Å². The molecule has 1 aliphatic carbocycles. The van der Waals surface area contributed by atoms with E-state index in [1.54, 1.807) is 30.3 Å². The minimum Gasteiger partial charge on any atom is -0.507 e. The highest BCUT2D eigenvalue weighted by molar-refractivity contribution is 6.42. The first-order valence-electron chi connectivity index (χ1n) is 10.7. The first-order valence-corrected chi connectivity index (χ1v) is 11.5. The number of halogens is 2. The maximum atomic E-state index is 13.1. The molecule has 0 radical (unpaired) electrons. The highest BCUT2D eigenvalue weighted by Gasteiger charge is 2.26. The van der Waals surface area contributed by atoms with Gasteiger partial charge < -0.3 is 15.7 Å². The number of hydrogen-bond acceptors (Lipinski definition) is 4. The fourth-order valence-electron chi connectivity index (χ4n) is 4.13. The summed E-state index contributed by atoms with van der Waals surface area (Å²) in [5, 5.41) is 21.4. The number of amides is 2. The molecule has 1 aromatic heterocycles. The summed E-state index contributed by atoms with van der Waals surface area (Å²) in [6, 6.07) is 11.4. The van der Waals surface area contributed by atoms with Crippen molar-refractivity contribution < 1.29 is 14.7 Å². The first-order chi connectivity index (χ1) is 15.8. The predicted octanol–water partition coefficient (Wildman–Crippen LogP) is 5.94. The molecule has 7 nitrogen and oxygen atoms in total. The molecule has 1 heterocycles. The van der Waals surface area contributed by atoms with Crippen molar-refractivity contribution in [2.24, 2.45) is 0 Å². The third-order valence-corrected chi connectivity index (χ3v) is 6.46. The maximum absolute atomic E-state index is 13.1. The van der Waals surface area contributed by atoms with Gasteiger partial charge in [-0.05, 0) is 54.8 Å². The minimum atomic E-state index is -0.369. The quantitative estimate of drug-likeness (QED) is 0.389. The number of nitrogens with one attached hydrogen (secondary N) is 2. The average molecular weight is 487 g/mol. The number of anilines is 1. The number of phenols is 1. The normalized spacial score (nSPS) is 13.8. The highest BCUT2D eigenvalue weighted by atomic mass is 35.5. The number of carbonyl (C=O) groups is 2. The van der Waals surface area contributed by atoms with Crippen molar-refractivity contribution in [2.45, 2.75) is 45.1 Å². The number of hydrogen-bond donors (Lipinski definition) is 3. The van der Waals surface area contributed by atoms with Crippen molar-refractivity contribution in [2.75, 3.05) is 5.32 Å². The van der Waals surface area contributed by atoms with Crippen LogP contribution in [0.25, 0.3) is 11.3 Å². The highest BCUT2D eigenvalue weighted by Crippen LogP contribution is 2.38. The minimum absolute atomic E-state index is 0.0166. The van der Waals surface area contributed by atoms with Crippen LogP contribution in [-0.2, 0) is 11.3 Å². The van der Waals surface area contributed by atoms with E-state index in [4.69, 9.17) is 23.2 Å². The number of nitrogens with zero attached hydrogens (tertiary/aromatic N) is 2. The van der Waals surface area contributed by atoms with Gasteiger partial charge in [0.2, 0.25) is 5.91 Å². The summed E-state index contributed by atoms with van der Waals surface area (Å²) in [7, 11) is 0. The Balaban J connectivity index is 1.64. The number of aromatic nitrogens is 2. The Bertz CT molecular complexity index is 1200. The number of benzene rings is 2. The number of rotatable bonds is 5. The van der Waals surface area contributed by atoms with E-state index < -0.39 is 0 Å². The molecule has 9 heteroatoms. The van der Waals surface area contributed by atoms with E-state index in [1.165, 1.54) is 17.7 Å². The molecule has 1 aliphatic rings. The Labute approximate surface area is 201 Å². The molecule has 1 saturated carbocycles. The second-order valence-corrected chi connectivity index (χ2v) is 8.98. The Morgan fingerprint density at radius 3 is 2.55 bits per heavy atom. The fraction of sp³-hybridized carbons (Fsp3) is 0.292. The van der Waals surface area contributed by atoms with Gasteiger partial charge in [-0.3, -0.25) is 4.79 Å². The topological polar surface area (TPSA) is 96.2 Å². The van der Waals surface area contributed by atoms with Gasteiger partial charge in [-0.15, -0.1) is 0 Å². The second-order valence-electron chi connectivity index (χ2n) is 8.17. The monoisotopic (exact) mass is 486 g/mol. The van der Waals surface area contributed by atoms with Gasteiger partial charge in [-0.1, -0.05) is 42.1 Å². The SMILES string of the molecule is CC(=O)Nc1ccc(O)c(-c2cc(C3CCCC3)n(C(=O)NCc3ccc(Cl)c(Cl)c3)n2)c1. The van der Waals surface area contributed by atoms with E-state index >= 15 is 0 Å². The zero-order valence-electron chi connectivity index (χ0n) is 18.1. The summed E-state index contributed by atoms with van der Waals surface area (Å²) in [4.78, 5) is 24.5. The standard InChI is InChI=1S/C24H24Cl2N4O3/c1-14(31)28-17-7-9-23(32)18(11-17)21-12-22(16-4-2-3-5-16)30(29-21)24(33)27-13-15-6-8-19(25)20(26)10-15/h6-12,16,32H,2-5,13H2,1H3,(H,27,33)(H,28,31). The third kappa shape index (κ3) is 5.31. The summed E-state index contributed by atoms with van der Waals surface area (Å²) in [6.45, 7) is 1.68. The van der Waals surface area contributed by atoms with E-state index in [1.807, 2.05) is 6.07 Å². The van der Waals surface area contributed by atoms with E-state index in [0.717, 1.165) is 36.9 Å². The van der Waals surface area contributed by atoms with Crippen molar-refractivity contribution in [3.63, 3.8) is 0 Å². The summed E-state index contributed by atoms with van der Waals surface area (Å²) in [5.74, 6) is 0.0103. The molecular weight excluding hydrogens is 463 g/mol. The van der Waals surface area contributed by atoms with E-state index in [9.17, 15) is 14.7 Å². The van der Waals surface area contributed by atoms with Gasteiger partial charge in [0.15, 0.2) is 0 Å². The molecule has 3 N–H and O–H groups in total. The van der Waals surface area contributed by atoms with Crippen molar-refractivity contribution in [3.05, 3.63) is 63.8 Å². The van der Waals surface area contributed by atoms with Crippen molar-refractivity contribution in [3.8, 4) is 17.0 Å². The second kappa shape index (κ2) is 9.85. The lowest BCUT2D eigenvalue weighted by Crippen LogP contribution is -2.30. The van der Waals surface area contributed by atoms with Crippen LogP contribution in [0.1, 0.15) is 49.8 Å². The van der Waals surface area contributed by atoms with E-state index in [0.29, 0.717) is 27.0 Å². The lowest BCUT2D eigenvalue weighted by atomic mass is 10.0. The van der Waals surface area contributed by atoms with Crippen LogP contribution in [0.5, 0.6) is 5.75 Å². The number of carbonyl (C=O) groups excluding carboxylic acids is 2. The van der Waals surface area contributed by atoms with Crippen LogP contribution in [0.2, 0.25) is 10.0 Å².